The fraction of sp³-hybridized carbons (Fsp3) is 0.111. The molecule has 0 saturated carbocycles. The second-order valence-electron chi connectivity index (χ2n) is 5.36. The summed E-state index contributed by atoms with van der Waals surface area (Å²) in [7, 11) is 1.63. The number of aryl methyl sites for hydroxylation is 1. The molecule has 0 radical (unpaired) electrons. The number of nitrogens with zero attached hydrogens (tertiary/aromatic N) is 2. The maximum atomic E-state index is 5.89. The number of nitrogen functional groups attached to an aromatic ring is 2. The molecule has 0 spiro atoms. The number of hydrogen-bond donors (Lipinski definition) is 2. The van der Waals surface area contributed by atoms with Crippen molar-refractivity contribution in [3.63, 3.8) is 0 Å². The van der Waals surface area contributed by atoms with Crippen LogP contribution in [0.3, 0.4) is 0 Å². The van der Waals surface area contributed by atoms with E-state index in [9.17, 15) is 0 Å². The van der Waals surface area contributed by atoms with Crippen molar-refractivity contribution in [2.45, 2.75) is 6.92 Å². The quantitative estimate of drug-likeness (QED) is 0.710. The molecule has 3 aromatic rings. The average Bonchev–Trinajstić information content (AvgIpc) is 2.58. The molecule has 0 atom stereocenters. The van der Waals surface area contributed by atoms with Crippen molar-refractivity contribution in [3.05, 3.63) is 52.5 Å². The van der Waals surface area contributed by atoms with E-state index in [0.717, 1.165) is 22.3 Å². The normalized spacial score (nSPS) is 10.6. The highest BCUT2D eigenvalue weighted by Crippen LogP contribution is 2.40. The van der Waals surface area contributed by atoms with E-state index in [1.54, 1.807) is 7.11 Å². The number of nitrogens with two attached hydrogens (primary N) is 2. The molecular weight excluding hydrogens is 368 g/mol. The molecule has 0 bridgehead atoms. The van der Waals surface area contributed by atoms with Gasteiger partial charge in [-0.2, -0.15) is 4.98 Å². The number of rotatable bonds is 3. The lowest BCUT2D eigenvalue weighted by molar-refractivity contribution is 0.416. The maximum absolute atomic E-state index is 5.89. The Labute approximate surface area is 148 Å². The first-order valence-corrected chi connectivity index (χ1v) is 8.13. The number of anilines is 2. The smallest absolute Gasteiger partial charge is 0.222 e. The lowest BCUT2D eigenvalue weighted by atomic mass is 9.96. The zero-order valence-corrected chi connectivity index (χ0v) is 15.0. The predicted molar refractivity (Wildman–Crippen MR) is 101 cm³/mol. The largest absolute Gasteiger partial charge is 0.496 e. The van der Waals surface area contributed by atoms with Crippen molar-refractivity contribution in [1.82, 2.24) is 9.97 Å². The molecular formula is C18H17BrN4O. The lowest BCUT2D eigenvalue weighted by Gasteiger charge is -2.15. The van der Waals surface area contributed by atoms with Gasteiger partial charge in [0.15, 0.2) is 0 Å². The van der Waals surface area contributed by atoms with Gasteiger partial charge in [-0.15, -0.1) is 0 Å². The van der Waals surface area contributed by atoms with E-state index in [4.69, 9.17) is 16.2 Å². The van der Waals surface area contributed by atoms with Gasteiger partial charge in [0.25, 0.3) is 0 Å². The van der Waals surface area contributed by atoms with E-state index in [1.807, 2.05) is 37.3 Å². The van der Waals surface area contributed by atoms with Crippen LogP contribution in [0.2, 0.25) is 0 Å². The molecule has 0 aliphatic rings. The molecule has 2 aromatic carbocycles. The summed E-state index contributed by atoms with van der Waals surface area (Å²) in [5.74, 6) is 1.11. The number of hydrogen-bond acceptors (Lipinski definition) is 5. The summed E-state index contributed by atoms with van der Waals surface area (Å²) >= 11 is 3.44. The molecule has 4 N–H and O–H groups in total. The predicted octanol–water partition coefficient (Wildman–Crippen LogP) is 4.05. The lowest BCUT2D eigenvalue weighted by Crippen LogP contribution is -2.03. The van der Waals surface area contributed by atoms with Gasteiger partial charge in [0, 0.05) is 5.56 Å². The van der Waals surface area contributed by atoms with Crippen molar-refractivity contribution in [2.24, 2.45) is 0 Å². The van der Waals surface area contributed by atoms with Gasteiger partial charge in [0.1, 0.15) is 11.6 Å². The number of ether oxygens (including phenoxy) is 1. The van der Waals surface area contributed by atoms with Crippen LogP contribution in [-0.2, 0) is 0 Å². The maximum Gasteiger partial charge on any atom is 0.222 e. The van der Waals surface area contributed by atoms with Gasteiger partial charge in [-0.3, -0.25) is 0 Å². The van der Waals surface area contributed by atoms with Crippen LogP contribution in [0.25, 0.3) is 22.4 Å². The van der Waals surface area contributed by atoms with Gasteiger partial charge < -0.3 is 16.2 Å². The second kappa shape index (κ2) is 6.49. The molecule has 5 nitrogen and oxygen atoms in total. The summed E-state index contributed by atoms with van der Waals surface area (Å²) in [5, 5.41) is 0. The summed E-state index contributed by atoms with van der Waals surface area (Å²) in [5.41, 5.74) is 16.4. The first kappa shape index (κ1) is 16.3. The van der Waals surface area contributed by atoms with E-state index in [2.05, 4.69) is 38.0 Å². The molecule has 0 unspecified atom stereocenters. The van der Waals surface area contributed by atoms with Crippen LogP contribution < -0.4 is 16.2 Å². The minimum atomic E-state index is 0.123. The zero-order chi connectivity index (χ0) is 17.3. The Morgan fingerprint density at radius 1 is 1.00 bits per heavy atom. The van der Waals surface area contributed by atoms with Crippen LogP contribution >= 0.6 is 15.9 Å². The topological polar surface area (TPSA) is 87.0 Å². The highest BCUT2D eigenvalue weighted by Gasteiger charge is 2.17. The van der Waals surface area contributed by atoms with Crippen LogP contribution in [-0.4, -0.2) is 17.1 Å². The van der Waals surface area contributed by atoms with Crippen molar-refractivity contribution >= 4 is 27.7 Å². The molecule has 0 aliphatic heterocycles. The third-order valence-corrected chi connectivity index (χ3v) is 4.56. The van der Waals surface area contributed by atoms with Crippen LogP contribution in [0.4, 0.5) is 11.8 Å². The summed E-state index contributed by atoms with van der Waals surface area (Å²) in [4.78, 5) is 8.27. The van der Waals surface area contributed by atoms with Crippen LogP contribution in [0.15, 0.2) is 46.9 Å². The van der Waals surface area contributed by atoms with E-state index in [1.165, 1.54) is 0 Å². The summed E-state index contributed by atoms with van der Waals surface area (Å²) in [6, 6.07) is 14.2. The molecule has 122 valence electrons. The Morgan fingerprint density at radius 2 is 1.71 bits per heavy atom. The SMILES string of the molecule is COc1cc(-c2ccccc2)c(C)cc1-c1nc(N)nc(N)c1Br. The van der Waals surface area contributed by atoms with Gasteiger partial charge in [0.2, 0.25) is 5.95 Å². The molecule has 6 heteroatoms. The molecule has 0 amide bonds. The van der Waals surface area contributed by atoms with E-state index < -0.39 is 0 Å². The zero-order valence-electron chi connectivity index (χ0n) is 13.4. The molecule has 1 heterocycles. The number of aromatic nitrogens is 2. The fourth-order valence-corrected chi connectivity index (χ4v) is 3.02. The Morgan fingerprint density at radius 3 is 2.38 bits per heavy atom. The van der Waals surface area contributed by atoms with Crippen molar-refractivity contribution in [2.75, 3.05) is 18.6 Å². The number of halogens is 1. The number of benzene rings is 2. The molecule has 3 rings (SSSR count). The molecule has 0 fully saturated rings. The Kier molecular flexibility index (Phi) is 4.40. The van der Waals surface area contributed by atoms with Crippen LogP contribution in [0.1, 0.15) is 5.56 Å². The van der Waals surface area contributed by atoms with Crippen molar-refractivity contribution in [1.29, 1.82) is 0 Å². The summed E-state index contributed by atoms with van der Waals surface area (Å²) in [6.45, 7) is 2.05. The first-order chi connectivity index (χ1) is 11.5. The monoisotopic (exact) mass is 384 g/mol. The Balaban J connectivity index is 2.23. The van der Waals surface area contributed by atoms with E-state index in [-0.39, 0.29) is 5.95 Å². The number of methoxy groups -OCH3 is 1. The third-order valence-electron chi connectivity index (χ3n) is 3.78. The van der Waals surface area contributed by atoms with Crippen molar-refractivity contribution < 1.29 is 4.74 Å². The Bertz CT molecular complexity index is 897. The molecule has 24 heavy (non-hydrogen) atoms. The minimum Gasteiger partial charge on any atom is -0.496 e. The highest BCUT2D eigenvalue weighted by atomic mass is 79.9. The third kappa shape index (κ3) is 2.92. The highest BCUT2D eigenvalue weighted by molar-refractivity contribution is 9.10. The summed E-state index contributed by atoms with van der Waals surface area (Å²) < 4.78 is 6.19. The van der Waals surface area contributed by atoms with E-state index in [0.29, 0.717) is 21.7 Å². The van der Waals surface area contributed by atoms with Crippen LogP contribution in [0.5, 0.6) is 5.75 Å². The molecule has 1 aromatic heterocycles. The fourth-order valence-electron chi connectivity index (χ4n) is 2.63. The molecule has 0 saturated heterocycles. The van der Waals surface area contributed by atoms with Gasteiger partial charge in [-0.1, -0.05) is 30.3 Å². The minimum absolute atomic E-state index is 0.123. The van der Waals surface area contributed by atoms with Gasteiger partial charge in [-0.05, 0) is 51.7 Å². The van der Waals surface area contributed by atoms with Crippen molar-refractivity contribution in [3.8, 4) is 28.1 Å². The summed E-state index contributed by atoms with van der Waals surface area (Å²) in [6.07, 6.45) is 0. The standard InChI is InChI=1S/C18H17BrN4O/c1-10-8-13(16-15(19)17(20)23-18(21)22-16)14(24-2)9-12(10)11-6-4-3-5-7-11/h3-9H,1-2H3,(H4,20,21,22,23). The van der Waals surface area contributed by atoms with E-state index >= 15 is 0 Å². The van der Waals surface area contributed by atoms with Gasteiger partial charge >= 0.3 is 0 Å². The second-order valence-corrected chi connectivity index (χ2v) is 6.16. The van der Waals surface area contributed by atoms with Crippen LogP contribution in [0, 0.1) is 6.92 Å². The first-order valence-electron chi connectivity index (χ1n) is 7.34. The molecule has 0 aliphatic carbocycles. The Hall–Kier alpha value is -2.60. The van der Waals surface area contributed by atoms with Gasteiger partial charge in [-0.25, -0.2) is 4.98 Å². The van der Waals surface area contributed by atoms with Gasteiger partial charge in [0.05, 0.1) is 17.3 Å². The average molecular weight is 385 g/mol.